The summed E-state index contributed by atoms with van der Waals surface area (Å²) in [6.07, 6.45) is 5.45. The van der Waals surface area contributed by atoms with E-state index in [-0.39, 0.29) is 42.2 Å². The molecule has 27 heavy (non-hydrogen) atoms. The van der Waals surface area contributed by atoms with Crippen molar-refractivity contribution < 1.29 is 4.79 Å². The van der Waals surface area contributed by atoms with Crippen LogP contribution in [0.3, 0.4) is 0 Å². The van der Waals surface area contributed by atoms with Gasteiger partial charge < -0.3 is 15.2 Å². The van der Waals surface area contributed by atoms with E-state index >= 15 is 0 Å². The average Bonchev–Trinajstić information content (AvgIpc) is 3.12. The van der Waals surface area contributed by atoms with Crippen molar-refractivity contribution in [3.05, 3.63) is 47.0 Å². The van der Waals surface area contributed by atoms with E-state index in [0.717, 1.165) is 43.8 Å². The number of hydrogen-bond donors (Lipinski definition) is 1. The number of benzene rings is 1. The van der Waals surface area contributed by atoms with Gasteiger partial charge in [0.2, 0.25) is 5.82 Å². The minimum absolute atomic E-state index is 0. The molecule has 0 bridgehead atoms. The van der Waals surface area contributed by atoms with Crippen LogP contribution in [0.5, 0.6) is 0 Å². The van der Waals surface area contributed by atoms with E-state index in [1.165, 1.54) is 5.56 Å². The Hall–Kier alpha value is -1.34. The summed E-state index contributed by atoms with van der Waals surface area (Å²) in [5.41, 5.74) is 7.35. The second-order valence-electron chi connectivity index (χ2n) is 7.07. The van der Waals surface area contributed by atoms with E-state index in [1.807, 2.05) is 27.7 Å². The average molecular weight is 433 g/mol. The van der Waals surface area contributed by atoms with Crippen LogP contribution in [-0.4, -0.2) is 44.7 Å². The first kappa shape index (κ1) is 22.0. The van der Waals surface area contributed by atoms with Crippen molar-refractivity contribution in [3.63, 3.8) is 0 Å². The molecule has 148 valence electrons. The molecule has 2 aromatic rings. The van der Waals surface area contributed by atoms with Crippen molar-refractivity contribution >= 4 is 42.3 Å². The number of aromatic nitrogens is 3. The topological polar surface area (TPSA) is 77.0 Å². The SMILES string of the molecule is Cl.Cl.NC[C@]1(c2cccc(Cl)c2)CC[C@H](N2CCn3cnnc3C2=O)CC1. The number of carbonyl (C=O) groups excluding carboxylic acids is 1. The fourth-order valence-electron chi connectivity index (χ4n) is 4.27. The Labute approximate surface area is 176 Å². The molecule has 0 radical (unpaired) electrons. The monoisotopic (exact) mass is 431 g/mol. The number of halogens is 3. The number of nitrogens with zero attached hydrogens (tertiary/aromatic N) is 4. The summed E-state index contributed by atoms with van der Waals surface area (Å²) in [6.45, 7) is 2.09. The van der Waals surface area contributed by atoms with E-state index in [2.05, 4.69) is 16.3 Å². The van der Waals surface area contributed by atoms with Crippen LogP contribution in [0.15, 0.2) is 30.6 Å². The summed E-state index contributed by atoms with van der Waals surface area (Å²) >= 11 is 6.18. The number of amides is 1. The summed E-state index contributed by atoms with van der Waals surface area (Å²) in [4.78, 5) is 14.7. The molecule has 0 saturated heterocycles. The molecule has 4 rings (SSSR count). The van der Waals surface area contributed by atoms with Crippen LogP contribution >= 0.6 is 36.4 Å². The molecule has 1 aliphatic heterocycles. The molecule has 2 aliphatic rings. The zero-order chi connectivity index (χ0) is 17.4. The zero-order valence-electron chi connectivity index (χ0n) is 14.9. The van der Waals surface area contributed by atoms with Crippen LogP contribution < -0.4 is 5.73 Å². The van der Waals surface area contributed by atoms with Crippen LogP contribution in [-0.2, 0) is 12.0 Å². The molecular formula is C18H24Cl3N5O. The lowest BCUT2D eigenvalue weighted by atomic mass is 9.68. The van der Waals surface area contributed by atoms with Gasteiger partial charge in [0.1, 0.15) is 6.33 Å². The largest absolute Gasteiger partial charge is 0.331 e. The summed E-state index contributed by atoms with van der Waals surface area (Å²) in [5, 5.41) is 8.57. The highest BCUT2D eigenvalue weighted by Crippen LogP contribution is 2.41. The van der Waals surface area contributed by atoms with Gasteiger partial charge in [0.25, 0.3) is 5.91 Å². The van der Waals surface area contributed by atoms with Gasteiger partial charge in [-0.3, -0.25) is 4.79 Å². The molecule has 2 N–H and O–H groups in total. The summed E-state index contributed by atoms with van der Waals surface area (Å²) < 4.78 is 1.83. The Morgan fingerprint density at radius 1 is 1.22 bits per heavy atom. The molecule has 1 aromatic carbocycles. The second-order valence-corrected chi connectivity index (χ2v) is 7.51. The molecule has 1 aromatic heterocycles. The van der Waals surface area contributed by atoms with Gasteiger partial charge in [-0.25, -0.2) is 0 Å². The minimum Gasteiger partial charge on any atom is -0.331 e. The molecule has 1 saturated carbocycles. The lowest BCUT2D eigenvalue weighted by molar-refractivity contribution is 0.0522. The second kappa shape index (κ2) is 8.78. The van der Waals surface area contributed by atoms with E-state index in [4.69, 9.17) is 17.3 Å². The van der Waals surface area contributed by atoms with Gasteiger partial charge in [-0.2, -0.15) is 0 Å². The number of nitrogens with two attached hydrogens (primary N) is 1. The Morgan fingerprint density at radius 2 is 1.96 bits per heavy atom. The molecule has 1 fully saturated rings. The molecule has 6 nitrogen and oxygen atoms in total. The Kier molecular flexibility index (Phi) is 7.14. The first-order valence-electron chi connectivity index (χ1n) is 8.78. The lowest BCUT2D eigenvalue weighted by Crippen LogP contribution is -2.50. The maximum absolute atomic E-state index is 12.7. The van der Waals surface area contributed by atoms with Crippen molar-refractivity contribution in [1.82, 2.24) is 19.7 Å². The van der Waals surface area contributed by atoms with Gasteiger partial charge in [0.05, 0.1) is 0 Å². The normalized spacial score (nSPS) is 24.6. The highest BCUT2D eigenvalue weighted by atomic mass is 35.5. The predicted octanol–water partition coefficient (Wildman–Crippen LogP) is 3.07. The fourth-order valence-corrected chi connectivity index (χ4v) is 4.46. The highest BCUT2D eigenvalue weighted by molar-refractivity contribution is 6.30. The van der Waals surface area contributed by atoms with Crippen LogP contribution in [0, 0.1) is 0 Å². The summed E-state index contributed by atoms with van der Waals surface area (Å²) in [7, 11) is 0. The van der Waals surface area contributed by atoms with Crippen LogP contribution in [0.2, 0.25) is 5.02 Å². The van der Waals surface area contributed by atoms with Crippen LogP contribution in [0.4, 0.5) is 0 Å². The van der Waals surface area contributed by atoms with Gasteiger partial charge in [-0.1, -0.05) is 23.7 Å². The number of rotatable bonds is 3. The van der Waals surface area contributed by atoms with Crippen molar-refractivity contribution in [2.45, 2.75) is 43.7 Å². The molecule has 1 amide bonds. The maximum Gasteiger partial charge on any atom is 0.292 e. The third kappa shape index (κ3) is 3.94. The molecule has 0 spiro atoms. The number of hydrogen-bond acceptors (Lipinski definition) is 4. The maximum atomic E-state index is 12.7. The van der Waals surface area contributed by atoms with Crippen molar-refractivity contribution in [2.24, 2.45) is 5.73 Å². The van der Waals surface area contributed by atoms with E-state index < -0.39 is 0 Å². The Morgan fingerprint density at radius 3 is 2.63 bits per heavy atom. The standard InChI is InChI=1S/C18H22ClN5O.2ClH/c19-14-3-1-2-13(10-14)18(11-20)6-4-15(5-7-18)24-9-8-23-12-21-22-16(23)17(24)25;;/h1-3,10,12,15H,4-9,11,20H2;2*1H/t15-,18-;;. The molecule has 0 unspecified atom stereocenters. The van der Waals surface area contributed by atoms with E-state index in [0.29, 0.717) is 12.4 Å². The summed E-state index contributed by atoms with van der Waals surface area (Å²) in [5.74, 6) is 0.452. The smallest absolute Gasteiger partial charge is 0.292 e. The lowest BCUT2D eigenvalue weighted by Gasteiger charge is -2.44. The van der Waals surface area contributed by atoms with E-state index in [1.54, 1.807) is 6.33 Å². The van der Waals surface area contributed by atoms with Crippen LogP contribution in [0.1, 0.15) is 41.9 Å². The minimum atomic E-state index is -0.0414. The van der Waals surface area contributed by atoms with Gasteiger partial charge in [-0.15, -0.1) is 35.0 Å². The summed E-state index contributed by atoms with van der Waals surface area (Å²) in [6, 6.07) is 8.28. The highest BCUT2D eigenvalue weighted by Gasteiger charge is 2.40. The van der Waals surface area contributed by atoms with Crippen molar-refractivity contribution in [3.8, 4) is 0 Å². The van der Waals surface area contributed by atoms with Gasteiger partial charge >= 0.3 is 0 Å². The molecular weight excluding hydrogens is 409 g/mol. The number of fused-ring (bicyclic) bond motifs is 1. The van der Waals surface area contributed by atoms with Crippen molar-refractivity contribution in [2.75, 3.05) is 13.1 Å². The van der Waals surface area contributed by atoms with Crippen molar-refractivity contribution in [1.29, 1.82) is 0 Å². The number of carbonyl (C=O) groups is 1. The first-order chi connectivity index (χ1) is 12.1. The molecule has 1 aliphatic carbocycles. The van der Waals surface area contributed by atoms with Gasteiger partial charge in [0.15, 0.2) is 0 Å². The van der Waals surface area contributed by atoms with Crippen LogP contribution in [0.25, 0.3) is 0 Å². The Balaban J connectivity index is 0.00000131. The van der Waals surface area contributed by atoms with Gasteiger partial charge in [-0.05, 0) is 43.4 Å². The fraction of sp³-hybridized carbons (Fsp3) is 0.500. The van der Waals surface area contributed by atoms with E-state index in [9.17, 15) is 4.79 Å². The molecule has 9 heteroatoms. The molecule has 2 heterocycles. The molecule has 0 atom stereocenters. The third-order valence-corrected chi connectivity index (χ3v) is 6.07. The third-order valence-electron chi connectivity index (χ3n) is 5.83. The van der Waals surface area contributed by atoms with Gasteiger partial charge in [0, 0.05) is 36.1 Å². The zero-order valence-corrected chi connectivity index (χ0v) is 17.3. The first-order valence-corrected chi connectivity index (χ1v) is 9.16. The Bertz CT molecular complexity index is 789. The quantitative estimate of drug-likeness (QED) is 0.808. The predicted molar refractivity (Wildman–Crippen MR) is 110 cm³/mol.